The van der Waals surface area contributed by atoms with E-state index in [1.807, 2.05) is 4.90 Å². The van der Waals surface area contributed by atoms with E-state index in [0.29, 0.717) is 5.92 Å². The Morgan fingerprint density at radius 1 is 1.80 bits per heavy atom. The molecular weight excluding hydrogens is 128 g/mol. The minimum atomic E-state index is 0.0195. The van der Waals surface area contributed by atoms with Gasteiger partial charge in [-0.3, -0.25) is 4.79 Å². The quantitative estimate of drug-likeness (QED) is 0.496. The van der Waals surface area contributed by atoms with Crippen molar-refractivity contribution in [2.45, 2.75) is 18.9 Å². The number of nitrogens with zero attached hydrogens (tertiary/aromatic N) is 1. The topological polar surface area (TPSA) is 46.3 Å². The van der Waals surface area contributed by atoms with Crippen molar-refractivity contribution in [3.8, 4) is 0 Å². The van der Waals surface area contributed by atoms with Gasteiger partial charge < -0.3 is 10.6 Å². The molecule has 1 amide bonds. The summed E-state index contributed by atoms with van der Waals surface area (Å²) in [6.07, 6.45) is 1.12. The zero-order valence-corrected chi connectivity index (χ0v) is 6.13. The molecule has 0 aromatic heterocycles. The van der Waals surface area contributed by atoms with E-state index in [1.54, 1.807) is 6.92 Å². The van der Waals surface area contributed by atoms with E-state index in [9.17, 15) is 4.79 Å². The molecular formula is C7H12N2O. The molecule has 3 nitrogen and oxygen atoms in total. The molecule has 0 aromatic rings. The first kappa shape index (κ1) is 6.16. The molecule has 1 saturated heterocycles. The van der Waals surface area contributed by atoms with Crippen LogP contribution in [0.15, 0.2) is 0 Å². The zero-order valence-electron chi connectivity index (χ0n) is 6.13. The summed E-state index contributed by atoms with van der Waals surface area (Å²) in [5, 5.41) is 0. The van der Waals surface area contributed by atoms with Crippen molar-refractivity contribution in [2.75, 3.05) is 13.1 Å². The van der Waals surface area contributed by atoms with Crippen molar-refractivity contribution < 1.29 is 4.79 Å². The number of hydrogen-bond donors (Lipinski definition) is 1. The Hall–Kier alpha value is -0.570. The maximum Gasteiger partial charge on any atom is 0.219 e. The third-order valence-electron chi connectivity index (χ3n) is 2.65. The van der Waals surface area contributed by atoms with Crippen LogP contribution in [-0.4, -0.2) is 29.4 Å². The van der Waals surface area contributed by atoms with Crippen molar-refractivity contribution >= 4 is 5.91 Å². The lowest BCUT2D eigenvalue weighted by molar-refractivity contribution is -0.128. The zero-order chi connectivity index (χ0) is 7.35. The van der Waals surface area contributed by atoms with Gasteiger partial charge in [0.2, 0.25) is 5.91 Å². The number of carbonyl (C=O) groups excluding carboxylic acids is 1. The lowest BCUT2D eigenvalue weighted by atomic mass is 10.3. The van der Waals surface area contributed by atoms with E-state index in [2.05, 4.69) is 0 Å². The predicted octanol–water partition coefficient (Wildman–Crippen LogP) is -0.434. The molecule has 0 bridgehead atoms. The fraction of sp³-hybridized carbons (Fsp3) is 0.857. The fourth-order valence-electron chi connectivity index (χ4n) is 1.77. The van der Waals surface area contributed by atoms with Crippen LogP contribution in [0.5, 0.6) is 0 Å². The lowest BCUT2D eigenvalue weighted by Crippen LogP contribution is -2.35. The summed E-state index contributed by atoms with van der Waals surface area (Å²) in [6, 6.07) is 0. The summed E-state index contributed by atoms with van der Waals surface area (Å²) in [4.78, 5) is 12.7. The van der Waals surface area contributed by atoms with Crippen LogP contribution in [0.1, 0.15) is 13.3 Å². The highest BCUT2D eigenvalue weighted by molar-refractivity contribution is 5.74. The van der Waals surface area contributed by atoms with Crippen LogP contribution < -0.4 is 5.73 Å². The van der Waals surface area contributed by atoms with Crippen molar-refractivity contribution in [3.05, 3.63) is 0 Å². The highest BCUT2D eigenvalue weighted by atomic mass is 16.2. The van der Waals surface area contributed by atoms with Crippen LogP contribution in [0.25, 0.3) is 0 Å². The van der Waals surface area contributed by atoms with Gasteiger partial charge in [0.1, 0.15) is 0 Å². The lowest BCUT2D eigenvalue weighted by Gasteiger charge is -2.16. The summed E-state index contributed by atoms with van der Waals surface area (Å²) in [5.41, 5.74) is 5.91. The number of carbonyl (C=O) groups is 1. The predicted molar refractivity (Wildman–Crippen MR) is 37.3 cm³/mol. The Labute approximate surface area is 60.2 Å². The number of rotatable bonds is 0. The molecule has 3 heteroatoms. The van der Waals surface area contributed by atoms with Crippen molar-refractivity contribution in [1.82, 2.24) is 4.90 Å². The van der Waals surface area contributed by atoms with Gasteiger partial charge in [0.25, 0.3) is 0 Å². The van der Waals surface area contributed by atoms with Crippen LogP contribution in [0, 0.1) is 5.92 Å². The highest BCUT2D eigenvalue weighted by Gasteiger charge is 2.57. The molecule has 0 spiro atoms. The van der Waals surface area contributed by atoms with Gasteiger partial charge in [-0.2, -0.15) is 0 Å². The molecule has 2 atom stereocenters. The molecule has 0 unspecified atom stereocenters. The molecule has 0 aromatic carbocycles. The highest BCUT2D eigenvalue weighted by Crippen LogP contribution is 2.46. The first-order valence-corrected chi connectivity index (χ1v) is 3.66. The van der Waals surface area contributed by atoms with Gasteiger partial charge in [0, 0.05) is 25.6 Å². The number of likely N-dealkylation sites (tertiary alicyclic amines) is 1. The van der Waals surface area contributed by atoms with Crippen LogP contribution in [0.2, 0.25) is 0 Å². The number of piperidine rings is 1. The summed E-state index contributed by atoms with van der Waals surface area (Å²) >= 11 is 0. The third-order valence-corrected chi connectivity index (χ3v) is 2.65. The van der Waals surface area contributed by atoms with Gasteiger partial charge in [0.05, 0.1) is 0 Å². The van der Waals surface area contributed by atoms with Gasteiger partial charge in [-0.15, -0.1) is 0 Å². The molecule has 1 saturated carbocycles. The number of amides is 1. The maximum atomic E-state index is 10.8. The summed E-state index contributed by atoms with van der Waals surface area (Å²) < 4.78 is 0. The van der Waals surface area contributed by atoms with Crippen LogP contribution in [-0.2, 0) is 4.79 Å². The Kier molecular flexibility index (Phi) is 0.944. The normalized spacial score (nSPS) is 43.4. The van der Waals surface area contributed by atoms with Gasteiger partial charge in [-0.05, 0) is 12.3 Å². The molecule has 1 heterocycles. The third kappa shape index (κ3) is 0.669. The van der Waals surface area contributed by atoms with E-state index in [1.165, 1.54) is 0 Å². The van der Waals surface area contributed by atoms with Crippen LogP contribution in [0.4, 0.5) is 0 Å². The molecule has 2 aliphatic rings. The molecule has 2 N–H and O–H groups in total. The van der Waals surface area contributed by atoms with Gasteiger partial charge in [-0.1, -0.05) is 0 Å². The van der Waals surface area contributed by atoms with E-state index in [4.69, 9.17) is 5.73 Å². The number of nitrogens with two attached hydrogens (primary N) is 1. The first-order chi connectivity index (χ1) is 4.62. The van der Waals surface area contributed by atoms with Gasteiger partial charge >= 0.3 is 0 Å². The Morgan fingerprint density at radius 3 is 2.80 bits per heavy atom. The minimum absolute atomic E-state index is 0.0195. The Morgan fingerprint density at radius 2 is 2.50 bits per heavy atom. The van der Waals surface area contributed by atoms with E-state index >= 15 is 0 Å². The largest absolute Gasteiger partial charge is 0.341 e. The minimum Gasteiger partial charge on any atom is -0.341 e. The van der Waals surface area contributed by atoms with Crippen molar-refractivity contribution in [1.29, 1.82) is 0 Å². The molecule has 1 aliphatic carbocycles. The standard InChI is InChI=1S/C7H12N2O/c1-5(10)9-3-6-2-7(6,8)4-9/h6H,2-4,8H2,1H3/t6-,7-/m1/s1. The van der Waals surface area contributed by atoms with E-state index in [-0.39, 0.29) is 11.4 Å². The smallest absolute Gasteiger partial charge is 0.219 e. The van der Waals surface area contributed by atoms with Gasteiger partial charge in [-0.25, -0.2) is 0 Å². The molecule has 2 rings (SSSR count). The fourth-order valence-corrected chi connectivity index (χ4v) is 1.77. The second-order valence-corrected chi connectivity index (χ2v) is 3.53. The average molecular weight is 140 g/mol. The van der Waals surface area contributed by atoms with Crippen LogP contribution >= 0.6 is 0 Å². The molecule has 0 radical (unpaired) electrons. The summed E-state index contributed by atoms with van der Waals surface area (Å²) in [5.74, 6) is 0.772. The molecule has 56 valence electrons. The van der Waals surface area contributed by atoms with E-state index in [0.717, 1.165) is 19.5 Å². The molecule has 2 fully saturated rings. The number of fused-ring (bicyclic) bond motifs is 1. The monoisotopic (exact) mass is 140 g/mol. The van der Waals surface area contributed by atoms with Crippen LogP contribution in [0.3, 0.4) is 0 Å². The Balaban J connectivity index is 2.04. The average Bonchev–Trinajstić information content (AvgIpc) is 2.32. The molecule has 10 heavy (non-hydrogen) atoms. The SMILES string of the molecule is CC(=O)N1C[C@H]2C[C@@]2(N)C1. The Bertz CT molecular complexity index is 192. The second-order valence-electron chi connectivity index (χ2n) is 3.53. The summed E-state index contributed by atoms with van der Waals surface area (Å²) in [6.45, 7) is 3.28. The summed E-state index contributed by atoms with van der Waals surface area (Å²) in [7, 11) is 0. The second kappa shape index (κ2) is 1.53. The van der Waals surface area contributed by atoms with Crippen molar-refractivity contribution in [3.63, 3.8) is 0 Å². The van der Waals surface area contributed by atoms with Crippen molar-refractivity contribution in [2.24, 2.45) is 11.7 Å². The maximum absolute atomic E-state index is 10.8. The number of hydrogen-bond acceptors (Lipinski definition) is 2. The van der Waals surface area contributed by atoms with Gasteiger partial charge in [0.15, 0.2) is 0 Å². The molecule has 1 aliphatic heterocycles. The van der Waals surface area contributed by atoms with E-state index < -0.39 is 0 Å². The first-order valence-electron chi connectivity index (χ1n) is 3.66.